The van der Waals surface area contributed by atoms with Crippen LogP contribution in [0, 0.1) is 0 Å². The second-order valence-corrected chi connectivity index (χ2v) is 17.5. The molecule has 7 rings (SSSR count). The van der Waals surface area contributed by atoms with E-state index in [-0.39, 0.29) is 54.3 Å². The lowest BCUT2D eigenvalue weighted by Gasteiger charge is -2.41. The number of H-pyrrole nitrogens is 2. The number of nitrogens with one attached hydrogen (secondary N) is 5. The zero-order valence-corrected chi connectivity index (χ0v) is 31.9. The van der Waals surface area contributed by atoms with E-state index in [1.54, 1.807) is 23.0 Å². The number of phosphoric ester groups is 2. The maximum absolute atomic E-state index is 12.8. The van der Waals surface area contributed by atoms with Crippen LogP contribution in [-0.4, -0.2) is 136 Å². The molecular formula is C24H37N14O16P3. The lowest BCUT2D eigenvalue weighted by molar-refractivity contribution is -0.0993. The van der Waals surface area contributed by atoms with E-state index in [1.807, 2.05) is 4.90 Å². The summed E-state index contributed by atoms with van der Waals surface area (Å²) in [5, 5.41) is 21.1. The number of aromatic amines is 2. The van der Waals surface area contributed by atoms with Crippen LogP contribution in [0.5, 0.6) is 0 Å². The average Bonchev–Trinajstić information content (AvgIpc) is 3.89. The van der Waals surface area contributed by atoms with Crippen molar-refractivity contribution in [3.63, 3.8) is 0 Å². The number of nitrogens with two attached hydrogens (primary N) is 2. The Balaban J connectivity index is 0.961. The molecule has 0 amide bonds. The molecule has 0 aromatic carbocycles. The van der Waals surface area contributed by atoms with Gasteiger partial charge in [0.05, 0.1) is 38.0 Å². The second-order valence-electron chi connectivity index (χ2n) is 12.9. The molecule has 0 aliphatic carbocycles. The molecule has 314 valence electrons. The number of nitrogen functional groups attached to an aromatic ring is 2. The van der Waals surface area contributed by atoms with Crippen molar-refractivity contribution in [2.45, 2.75) is 36.9 Å². The van der Waals surface area contributed by atoms with Crippen LogP contribution < -0.4 is 48.8 Å². The SMILES string of the molecule is CN1CN([C@H]2CN(CC3=CNNN3)C[C@@H](COP(=O)(O)OP(=O)(O)OP(=O)(O)OC[C@H]3O[C@@H](n4cnc5c(=O)[nH]c(N)nc54)[C@H](O)[C@@H]3O)O2)c2nc(N)[nH]c(=O)c21. The molecule has 0 radical (unpaired) electrons. The fraction of sp³-hybridized carbons (Fsp3) is 0.542. The molecule has 3 unspecified atom stereocenters. The van der Waals surface area contributed by atoms with Crippen molar-refractivity contribution in [3.8, 4) is 0 Å². The average molecular weight is 871 g/mol. The number of hydrogen-bond acceptors (Lipinski definition) is 24. The van der Waals surface area contributed by atoms with Crippen molar-refractivity contribution in [2.24, 2.45) is 0 Å². The van der Waals surface area contributed by atoms with Crippen LogP contribution in [0.2, 0.25) is 0 Å². The minimum atomic E-state index is -5.94. The Bertz CT molecular complexity index is 2310. The van der Waals surface area contributed by atoms with Crippen LogP contribution in [0.25, 0.3) is 11.2 Å². The highest BCUT2D eigenvalue weighted by atomic mass is 31.3. The number of nitrogens with zero attached hydrogens (tertiary/aromatic N) is 7. The number of aliphatic hydroxyl groups is 2. The number of ether oxygens (including phenoxy) is 2. The summed E-state index contributed by atoms with van der Waals surface area (Å²) < 4.78 is 68.9. The summed E-state index contributed by atoms with van der Waals surface area (Å²) >= 11 is 0. The molecule has 33 heteroatoms. The molecule has 9 atom stereocenters. The van der Waals surface area contributed by atoms with E-state index in [1.165, 1.54) is 0 Å². The number of hydrazine groups is 2. The minimum Gasteiger partial charge on any atom is -0.387 e. The van der Waals surface area contributed by atoms with Crippen molar-refractivity contribution in [1.82, 2.24) is 50.8 Å². The molecule has 57 heavy (non-hydrogen) atoms. The van der Waals surface area contributed by atoms with Crippen LogP contribution in [-0.2, 0) is 40.8 Å². The first-order chi connectivity index (χ1) is 26.8. The third kappa shape index (κ3) is 9.00. The van der Waals surface area contributed by atoms with Gasteiger partial charge in [0.15, 0.2) is 23.2 Å². The van der Waals surface area contributed by atoms with Gasteiger partial charge in [0.1, 0.15) is 30.2 Å². The van der Waals surface area contributed by atoms with E-state index >= 15 is 0 Å². The van der Waals surface area contributed by atoms with Crippen molar-refractivity contribution in [3.05, 3.63) is 38.9 Å². The topological polar surface area (TPSA) is 415 Å². The van der Waals surface area contributed by atoms with Gasteiger partial charge in [-0.05, 0) is 0 Å². The highest BCUT2D eigenvalue weighted by Gasteiger charge is 2.48. The van der Waals surface area contributed by atoms with Crippen molar-refractivity contribution < 1.29 is 65.7 Å². The number of aliphatic hydroxyl groups excluding tert-OH is 2. The molecule has 30 nitrogen and oxygen atoms in total. The zero-order valence-electron chi connectivity index (χ0n) is 29.2. The Morgan fingerprint density at radius 2 is 1.61 bits per heavy atom. The summed E-state index contributed by atoms with van der Waals surface area (Å²) in [6.45, 7) is -1.04. The van der Waals surface area contributed by atoms with Gasteiger partial charge in [-0.15, -0.1) is 0 Å². The first kappa shape index (κ1) is 41.1. The molecule has 3 aromatic heterocycles. The summed E-state index contributed by atoms with van der Waals surface area (Å²) in [6, 6.07) is 0. The van der Waals surface area contributed by atoms with Crippen molar-refractivity contribution in [2.75, 3.05) is 67.8 Å². The Morgan fingerprint density at radius 1 is 0.930 bits per heavy atom. The molecule has 2 saturated heterocycles. The van der Waals surface area contributed by atoms with Gasteiger partial charge in [-0.3, -0.25) is 38.1 Å². The number of morpholine rings is 1. The molecular weight excluding hydrogens is 833 g/mol. The molecule has 0 saturated carbocycles. The Kier molecular flexibility index (Phi) is 11.3. The van der Waals surface area contributed by atoms with Gasteiger partial charge in [0.25, 0.3) is 11.1 Å². The van der Waals surface area contributed by atoms with Gasteiger partial charge in [0, 0.05) is 32.9 Å². The lowest BCUT2D eigenvalue weighted by Crippen LogP contribution is -2.56. The number of phosphoric acid groups is 3. The monoisotopic (exact) mass is 870 g/mol. The number of fused-ring (bicyclic) bond motifs is 2. The van der Waals surface area contributed by atoms with Crippen molar-refractivity contribution in [1.29, 1.82) is 0 Å². The standard InChI is InChI=1S/C24H37N14O16P3/c1-35-9-38(19-15(35)21(42)32-24(26)30-19)13-5-36(3-10-2-28-34-33-10)4-11(51-13)6-49-55(43,44)53-57(47,48)54-56(45,46)50-7-12-16(39)17(40)22(52-12)37-8-27-14-18(37)29-23(25)31-20(14)41/h2,8,11-13,16-17,22,28,33-34,39-40H,3-7,9H2,1H3,(H,43,44)(H,45,46)(H,47,48)(H3,25,29,31,41)(H3,26,30,32,42)/t11-,12+,13+,16+,17+,22+/m0/s1. The molecule has 7 heterocycles. The first-order valence-corrected chi connectivity index (χ1v) is 20.9. The van der Waals surface area contributed by atoms with Gasteiger partial charge < -0.3 is 66.5 Å². The quantitative estimate of drug-likeness (QED) is 0.0683. The zero-order chi connectivity index (χ0) is 41.0. The van der Waals surface area contributed by atoms with Gasteiger partial charge >= 0.3 is 23.5 Å². The van der Waals surface area contributed by atoms with Crippen LogP contribution in [0.1, 0.15) is 6.23 Å². The van der Waals surface area contributed by atoms with Crippen LogP contribution in [0.3, 0.4) is 0 Å². The number of anilines is 4. The fourth-order valence-corrected chi connectivity index (χ4v) is 9.93. The van der Waals surface area contributed by atoms with E-state index in [0.717, 1.165) is 10.9 Å². The highest BCUT2D eigenvalue weighted by Crippen LogP contribution is 2.67. The minimum absolute atomic E-state index is 0.0779. The summed E-state index contributed by atoms with van der Waals surface area (Å²) in [6.07, 6.45) is -5.75. The van der Waals surface area contributed by atoms with E-state index in [0.29, 0.717) is 12.2 Å². The Labute approximate surface area is 318 Å². The third-order valence-electron chi connectivity index (χ3n) is 8.72. The second kappa shape index (κ2) is 15.6. The molecule has 0 bridgehead atoms. The molecule has 14 N–H and O–H groups in total. The number of aromatic nitrogens is 6. The van der Waals surface area contributed by atoms with Crippen molar-refractivity contribution >= 4 is 58.0 Å². The predicted molar refractivity (Wildman–Crippen MR) is 190 cm³/mol. The largest absolute Gasteiger partial charge is 0.490 e. The summed E-state index contributed by atoms with van der Waals surface area (Å²) in [5.41, 5.74) is 19.2. The van der Waals surface area contributed by atoms with E-state index in [2.05, 4.69) is 54.5 Å². The molecule has 4 aliphatic rings. The van der Waals surface area contributed by atoms with Gasteiger partial charge in [-0.1, -0.05) is 0 Å². The van der Waals surface area contributed by atoms with Gasteiger partial charge in [0.2, 0.25) is 11.9 Å². The Morgan fingerprint density at radius 3 is 2.32 bits per heavy atom. The van der Waals surface area contributed by atoms with E-state index < -0.39 is 84.7 Å². The smallest absolute Gasteiger partial charge is 0.387 e. The summed E-state index contributed by atoms with van der Waals surface area (Å²) in [5.74, 6) is -0.218. The summed E-state index contributed by atoms with van der Waals surface area (Å²) in [7, 11) is -15.5. The van der Waals surface area contributed by atoms with Crippen LogP contribution >= 0.6 is 23.5 Å². The third-order valence-corrected chi connectivity index (χ3v) is 13.0. The molecule has 2 fully saturated rings. The highest BCUT2D eigenvalue weighted by molar-refractivity contribution is 7.66. The maximum atomic E-state index is 12.8. The molecule has 4 aliphatic heterocycles. The van der Waals surface area contributed by atoms with E-state index in [4.69, 9.17) is 25.5 Å². The first-order valence-electron chi connectivity index (χ1n) is 16.4. The maximum Gasteiger partial charge on any atom is 0.490 e. The number of hydrogen-bond donors (Lipinski definition) is 12. The number of imidazole rings is 1. The molecule has 3 aromatic rings. The number of rotatable bonds is 14. The normalized spacial score (nSPS) is 28.4. The fourth-order valence-electron chi connectivity index (χ4n) is 6.39. The van der Waals surface area contributed by atoms with E-state index in [9.17, 15) is 48.2 Å². The lowest BCUT2D eigenvalue weighted by atomic mass is 10.1. The molecule has 0 spiro atoms. The van der Waals surface area contributed by atoms with Gasteiger partial charge in [-0.2, -0.15) is 24.1 Å². The summed E-state index contributed by atoms with van der Waals surface area (Å²) in [4.78, 5) is 77.3. The predicted octanol–water partition coefficient (Wildman–Crippen LogP) is -4.25. The van der Waals surface area contributed by atoms with Crippen LogP contribution in [0.15, 0.2) is 27.8 Å². The Hall–Kier alpha value is -4.06. The van der Waals surface area contributed by atoms with Crippen LogP contribution in [0.4, 0.5) is 23.4 Å². The van der Waals surface area contributed by atoms with Gasteiger partial charge in [-0.25, -0.2) is 18.7 Å².